The van der Waals surface area contributed by atoms with Crippen LogP contribution in [-0.4, -0.2) is 61.5 Å². The standard InChI is InChI=1S/C22H26N2O4/c1-27-20-11-6-5-10-19(20)22(26)24-14-7-13-23(15-16-24)21(25)12-17-28-18-8-3-2-4-9-18/h2-6,8-11H,7,12-17H2,1H3. The molecule has 0 N–H and O–H groups in total. The van der Waals surface area contributed by atoms with E-state index in [0.29, 0.717) is 50.5 Å². The Morgan fingerprint density at radius 2 is 1.57 bits per heavy atom. The average Bonchev–Trinajstić information content (AvgIpc) is 3.00. The Bertz CT molecular complexity index is 794. The molecule has 0 aliphatic carbocycles. The Morgan fingerprint density at radius 3 is 2.36 bits per heavy atom. The number of ether oxygens (including phenoxy) is 2. The zero-order chi connectivity index (χ0) is 19.8. The lowest BCUT2D eigenvalue weighted by Crippen LogP contribution is -2.37. The summed E-state index contributed by atoms with van der Waals surface area (Å²) in [4.78, 5) is 29.0. The van der Waals surface area contributed by atoms with E-state index in [0.717, 1.165) is 12.2 Å². The topological polar surface area (TPSA) is 59.1 Å². The van der Waals surface area contributed by atoms with Crippen LogP contribution in [0.3, 0.4) is 0 Å². The van der Waals surface area contributed by atoms with Crippen molar-refractivity contribution in [3.05, 3.63) is 60.2 Å². The van der Waals surface area contributed by atoms with Gasteiger partial charge in [-0.05, 0) is 30.7 Å². The average molecular weight is 382 g/mol. The molecule has 2 amide bonds. The number of rotatable bonds is 6. The first-order valence-electron chi connectivity index (χ1n) is 9.57. The Balaban J connectivity index is 1.51. The molecule has 0 unspecified atom stereocenters. The van der Waals surface area contributed by atoms with Gasteiger partial charge in [0.15, 0.2) is 0 Å². The number of carbonyl (C=O) groups excluding carboxylic acids is 2. The van der Waals surface area contributed by atoms with Gasteiger partial charge in [-0.15, -0.1) is 0 Å². The molecule has 0 spiro atoms. The van der Waals surface area contributed by atoms with Gasteiger partial charge in [0, 0.05) is 26.2 Å². The van der Waals surface area contributed by atoms with E-state index < -0.39 is 0 Å². The molecule has 0 atom stereocenters. The maximum atomic E-state index is 12.9. The summed E-state index contributed by atoms with van der Waals surface area (Å²) < 4.78 is 10.9. The second kappa shape index (κ2) is 9.78. The van der Waals surface area contributed by atoms with Gasteiger partial charge in [-0.3, -0.25) is 9.59 Å². The van der Waals surface area contributed by atoms with Crippen LogP contribution >= 0.6 is 0 Å². The first kappa shape index (κ1) is 19.7. The van der Waals surface area contributed by atoms with Crippen molar-refractivity contribution >= 4 is 11.8 Å². The van der Waals surface area contributed by atoms with Gasteiger partial charge in [0.2, 0.25) is 5.91 Å². The number of methoxy groups -OCH3 is 1. The molecule has 1 aliphatic rings. The summed E-state index contributed by atoms with van der Waals surface area (Å²) in [5, 5.41) is 0. The predicted octanol–water partition coefficient (Wildman–Crippen LogP) is 2.84. The molecule has 28 heavy (non-hydrogen) atoms. The fourth-order valence-corrected chi connectivity index (χ4v) is 3.29. The van der Waals surface area contributed by atoms with E-state index in [1.807, 2.05) is 47.4 Å². The van der Waals surface area contributed by atoms with E-state index in [4.69, 9.17) is 9.47 Å². The quantitative estimate of drug-likeness (QED) is 0.771. The molecule has 0 aromatic heterocycles. The summed E-state index contributed by atoms with van der Waals surface area (Å²) in [6, 6.07) is 16.7. The van der Waals surface area contributed by atoms with Crippen LogP contribution in [-0.2, 0) is 4.79 Å². The SMILES string of the molecule is COc1ccccc1C(=O)N1CCCN(C(=O)CCOc2ccccc2)CC1. The minimum absolute atomic E-state index is 0.0563. The molecule has 0 radical (unpaired) electrons. The molecule has 1 fully saturated rings. The van der Waals surface area contributed by atoms with E-state index in [9.17, 15) is 9.59 Å². The van der Waals surface area contributed by atoms with Gasteiger partial charge in [-0.2, -0.15) is 0 Å². The number of amides is 2. The molecule has 1 saturated heterocycles. The lowest BCUT2D eigenvalue weighted by molar-refractivity contribution is -0.131. The second-order valence-electron chi connectivity index (χ2n) is 6.64. The van der Waals surface area contributed by atoms with Gasteiger partial charge in [-0.1, -0.05) is 30.3 Å². The van der Waals surface area contributed by atoms with Gasteiger partial charge in [0.25, 0.3) is 5.91 Å². The van der Waals surface area contributed by atoms with Gasteiger partial charge in [0.1, 0.15) is 11.5 Å². The summed E-state index contributed by atoms with van der Waals surface area (Å²) in [6.07, 6.45) is 1.08. The highest BCUT2D eigenvalue weighted by Gasteiger charge is 2.24. The minimum Gasteiger partial charge on any atom is -0.496 e. The first-order chi connectivity index (χ1) is 13.7. The lowest BCUT2D eigenvalue weighted by Gasteiger charge is -2.23. The van der Waals surface area contributed by atoms with Crippen LogP contribution in [0.4, 0.5) is 0 Å². The zero-order valence-corrected chi connectivity index (χ0v) is 16.2. The Labute approximate surface area is 165 Å². The van der Waals surface area contributed by atoms with Crippen LogP contribution in [0.5, 0.6) is 11.5 Å². The summed E-state index contributed by atoms with van der Waals surface area (Å²) in [7, 11) is 1.56. The fourth-order valence-electron chi connectivity index (χ4n) is 3.29. The number of nitrogens with zero attached hydrogens (tertiary/aromatic N) is 2. The third-order valence-electron chi connectivity index (χ3n) is 4.80. The van der Waals surface area contributed by atoms with Gasteiger partial charge in [-0.25, -0.2) is 0 Å². The summed E-state index contributed by atoms with van der Waals surface area (Å²) >= 11 is 0. The summed E-state index contributed by atoms with van der Waals surface area (Å²) in [5.74, 6) is 1.34. The molecule has 1 heterocycles. The molecule has 2 aromatic rings. The third-order valence-corrected chi connectivity index (χ3v) is 4.80. The normalized spacial score (nSPS) is 14.3. The molecule has 3 rings (SSSR count). The highest BCUT2D eigenvalue weighted by Crippen LogP contribution is 2.20. The van der Waals surface area contributed by atoms with Crippen LogP contribution in [0, 0.1) is 0 Å². The number of hydrogen-bond donors (Lipinski definition) is 0. The number of benzene rings is 2. The minimum atomic E-state index is -0.0563. The molecule has 148 valence electrons. The number of carbonyl (C=O) groups is 2. The molecule has 6 heteroatoms. The Hall–Kier alpha value is -3.02. The van der Waals surface area contributed by atoms with E-state index in [1.165, 1.54) is 0 Å². The van der Waals surface area contributed by atoms with Crippen LogP contribution in [0.1, 0.15) is 23.2 Å². The van der Waals surface area contributed by atoms with E-state index in [2.05, 4.69) is 0 Å². The summed E-state index contributed by atoms with van der Waals surface area (Å²) in [6.45, 7) is 2.68. The third kappa shape index (κ3) is 5.03. The van der Waals surface area contributed by atoms with Crippen molar-refractivity contribution in [3.8, 4) is 11.5 Å². The van der Waals surface area contributed by atoms with Crippen molar-refractivity contribution < 1.29 is 19.1 Å². The van der Waals surface area contributed by atoms with Gasteiger partial charge >= 0.3 is 0 Å². The smallest absolute Gasteiger partial charge is 0.257 e. The monoisotopic (exact) mass is 382 g/mol. The van der Waals surface area contributed by atoms with Crippen molar-refractivity contribution in [3.63, 3.8) is 0 Å². The van der Waals surface area contributed by atoms with E-state index in [1.54, 1.807) is 24.1 Å². The van der Waals surface area contributed by atoms with E-state index >= 15 is 0 Å². The predicted molar refractivity (Wildman–Crippen MR) is 107 cm³/mol. The van der Waals surface area contributed by atoms with Crippen molar-refractivity contribution in [2.45, 2.75) is 12.8 Å². The molecule has 2 aromatic carbocycles. The van der Waals surface area contributed by atoms with Crippen LogP contribution in [0.15, 0.2) is 54.6 Å². The van der Waals surface area contributed by atoms with Crippen LogP contribution in [0.25, 0.3) is 0 Å². The molecule has 0 bridgehead atoms. The zero-order valence-electron chi connectivity index (χ0n) is 16.2. The molecular formula is C22H26N2O4. The van der Waals surface area contributed by atoms with Crippen molar-refractivity contribution in [1.82, 2.24) is 9.80 Å². The van der Waals surface area contributed by atoms with Crippen LogP contribution < -0.4 is 9.47 Å². The Morgan fingerprint density at radius 1 is 0.893 bits per heavy atom. The van der Waals surface area contributed by atoms with E-state index in [-0.39, 0.29) is 11.8 Å². The first-order valence-corrected chi connectivity index (χ1v) is 9.57. The molecule has 1 aliphatic heterocycles. The highest BCUT2D eigenvalue weighted by molar-refractivity contribution is 5.97. The van der Waals surface area contributed by atoms with Crippen molar-refractivity contribution in [1.29, 1.82) is 0 Å². The highest BCUT2D eigenvalue weighted by atomic mass is 16.5. The molecule has 6 nitrogen and oxygen atoms in total. The maximum absolute atomic E-state index is 12.9. The fraction of sp³-hybridized carbons (Fsp3) is 0.364. The number of para-hydroxylation sites is 2. The number of hydrogen-bond acceptors (Lipinski definition) is 4. The molecule has 0 saturated carbocycles. The Kier molecular flexibility index (Phi) is 6.89. The second-order valence-corrected chi connectivity index (χ2v) is 6.64. The molecular weight excluding hydrogens is 356 g/mol. The van der Waals surface area contributed by atoms with Gasteiger partial charge < -0.3 is 19.3 Å². The van der Waals surface area contributed by atoms with Crippen molar-refractivity contribution in [2.24, 2.45) is 0 Å². The summed E-state index contributed by atoms with van der Waals surface area (Å²) in [5.41, 5.74) is 0.557. The van der Waals surface area contributed by atoms with Gasteiger partial charge in [0.05, 0.1) is 25.7 Å². The van der Waals surface area contributed by atoms with Crippen molar-refractivity contribution in [2.75, 3.05) is 39.9 Å². The van der Waals surface area contributed by atoms with Crippen LogP contribution in [0.2, 0.25) is 0 Å². The largest absolute Gasteiger partial charge is 0.496 e. The maximum Gasteiger partial charge on any atom is 0.257 e. The lowest BCUT2D eigenvalue weighted by atomic mass is 10.1.